The van der Waals surface area contributed by atoms with E-state index in [-0.39, 0.29) is 29.1 Å². The highest BCUT2D eigenvalue weighted by atomic mass is 35.5. The van der Waals surface area contributed by atoms with Gasteiger partial charge in [0.05, 0.1) is 24.2 Å². The molecular weight excluding hydrogens is 437 g/mol. The number of benzene rings is 2. The van der Waals surface area contributed by atoms with E-state index in [1.165, 1.54) is 12.1 Å². The maximum atomic E-state index is 13.7. The Balaban J connectivity index is 1.46. The minimum Gasteiger partial charge on any atom is -0.490 e. The molecule has 0 radical (unpaired) electrons. The second kappa shape index (κ2) is 9.56. The maximum absolute atomic E-state index is 13.7. The van der Waals surface area contributed by atoms with Crippen molar-refractivity contribution in [1.29, 1.82) is 0 Å². The molecule has 1 aliphatic rings. The highest BCUT2D eigenvalue weighted by Crippen LogP contribution is 2.33. The summed E-state index contributed by atoms with van der Waals surface area (Å²) in [6.45, 7) is 5.77. The van der Waals surface area contributed by atoms with Crippen molar-refractivity contribution >= 4 is 17.5 Å². The number of amides is 1. The summed E-state index contributed by atoms with van der Waals surface area (Å²) in [7, 11) is 0. The average molecular weight is 460 g/mol. The molecule has 7 nitrogen and oxygen atoms in total. The van der Waals surface area contributed by atoms with Crippen LogP contribution in [0.1, 0.15) is 37.6 Å². The molecule has 1 fully saturated rings. The lowest BCUT2D eigenvalue weighted by molar-refractivity contribution is -0.128. The van der Waals surface area contributed by atoms with Gasteiger partial charge in [-0.05, 0) is 49.7 Å². The highest BCUT2D eigenvalue weighted by Gasteiger charge is 2.34. The Bertz CT molecular complexity index is 1120. The molecule has 32 heavy (non-hydrogen) atoms. The van der Waals surface area contributed by atoms with Crippen LogP contribution < -0.4 is 9.47 Å². The second-order valence-electron chi connectivity index (χ2n) is 7.41. The monoisotopic (exact) mass is 459 g/mol. The van der Waals surface area contributed by atoms with E-state index >= 15 is 0 Å². The Morgan fingerprint density at radius 1 is 1.16 bits per heavy atom. The van der Waals surface area contributed by atoms with Crippen LogP contribution >= 0.6 is 11.6 Å². The largest absolute Gasteiger partial charge is 0.490 e. The van der Waals surface area contributed by atoms with Gasteiger partial charge in [0.15, 0.2) is 11.5 Å². The molecule has 2 aromatic carbocycles. The van der Waals surface area contributed by atoms with Crippen molar-refractivity contribution in [2.24, 2.45) is 0 Å². The summed E-state index contributed by atoms with van der Waals surface area (Å²) in [5, 5.41) is 3.96. The smallest absolute Gasteiger partial charge is 0.232 e. The zero-order chi connectivity index (χ0) is 22.7. The summed E-state index contributed by atoms with van der Waals surface area (Å²) < 4.78 is 30.4. The van der Waals surface area contributed by atoms with Crippen molar-refractivity contribution in [3.63, 3.8) is 0 Å². The van der Waals surface area contributed by atoms with Crippen molar-refractivity contribution in [3.05, 3.63) is 58.7 Å². The topological polar surface area (TPSA) is 77.7 Å². The zero-order valence-electron chi connectivity index (χ0n) is 17.8. The zero-order valence-corrected chi connectivity index (χ0v) is 18.6. The molecule has 4 rings (SSSR count). The van der Waals surface area contributed by atoms with Crippen LogP contribution in [0.15, 0.2) is 40.9 Å². The fourth-order valence-electron chi connectivity index (χ4n) is 3.66. The van der Waals surface area contributed by atoms with Crippen molar-refractivity contribution in [1.82, 2.24) is 15.0 Å². The Kier molecular flexibility index (Phi) is 6.60. The number of carbonyl (C=O) groups excluding carboxylic acids is 1. The number of ether oxygens (including phenoxy) is 2. The number of rotatable bonds is 8. The third-order valence-corrected chi connectivity index (χ3v) is 5.47. The Morgan fingerprint density at radius 3 is 2.69 bits per heavy atom. The average Bonchev–Trinajstić information content (AvgIpc) is 3.40. The molecule has 0 spiro atoms. The first-order valence-corrected chi connectivity index (χ1v) is 10.8. The van der Waals surface area contributed by atoms with Gasteiger partial charge in [-0.3, -0.25) is 4.79 Å². The lowest BCUT2D eigenvalue weighted by Crippen LogP contribution is -2.24. The molecule has 0 saturated carbocycles. The van der Waals surface area contributed by atoms with Crippen molar-refractivity contribution in [2.75, 3.05) is 19.8 Å². The van der Waals surface area contributed by atoms with Crippen LogP contribution in [0.25, 0.3) is 11.4 Å². The van der Waals surface area contributed by atoms with E-state index in [9.17, 15) is 9.18 Å². The van der Waals surface area contributed by atoms with Gasteiger partial charge in [0.25, 0.3) is 0 Å². The van der Waals surface area contributed by atoms with Crippen LogP contribution in [0.2, 0.25) is 5.02 Å². The fraction of sp³-hybridized carbons (Fsp3) is 0.348. The van der Waals surface area contributed by atoms with Gasteiger partial charge in [-0.1, -0.05) is 22.8 Å². The van der Waals surface area contributed by atoms with Crippen LogP contribution in [0.3, 0.4) is 0 Å². The molecule has 1 unspecified atom stereocenters. The fourth-order valence-corrected chi connectivity index (χ4v) is 3.78. The van der Waals surface area contributed by atoms with Gasteiger partial charge in [0, 0.05) is 25.1 Å². The first-order valence-electron chi connectivity index (χ1n) is 10.4. The quantitative estimate of drug-likeness (QED) is 0.479. The van der Waals surface area contributed by atoms with Gasteiger partial charge in [0.2, 0.25) is 17.6 Å². The van der Waals surface area contributed by atoms with Gasteiger partial charge in [-0.25, -0.2) is 4.39 Å². The van der Waals surface area contributed by atoms with E-state index in [0.29, 0.717) is 49.3 Å². The molecule has 9 heteroatoms. The van der Waals surface area contributed by atoms with Gasteiger partial charge >= 0.3 is 0 Å². The molecule has 2 heterocycles. The van der Waals surface area contributed by atoms with Gasteiger partial charge in [0.1, 0.15) is 5.82 Å². The molecular formula is C23H23ClFN3O4. The predicted octanol–water partition coefficient (Wildman–Crippen LogP) is 4.84. The number of likely N-dealkylation sites (tertiary alicyclic amines) is 1. The lowest BCUT2D eigenvalue weighted by Gasteiger charge is -2.18. The van der Waals surface area contributed by atoms with Crippen molar-refractivity contribution in [3.8, 4) is 22.9 Å². The molecule has 168 valence electrons. The molecule has 1 saturated heterocycles. The maximum Gasteiger partial charge on any atom is 0.232 e. The summed E-state index contributed by atoms with van der Waals surface area (Å²) in [4.78, 5) is 18.7. The number of carbonyl (C=O) groups is 1. The van der Waals surface area contributed by atoms with Crippen LogP contribution in [0.4, 0.5) is 4.39 Å². The third kappa shape index (κ3) is 4.70. The highest BCUT2D eigenvalue weighted by molar-refractivity contribution is 6.30. The van der Waals surface area contributed by atoms with E-state index < -0.39 is 5.82 Å². The molecule has 0 bridgehead atoms. The number of hydrogen-bond acceptors (Lipinski definition) is 6. The Labute approximate surface area is 190 Å². The molecule has 0 aliphatic carbocycles. The van der Waals surface area contributed by atoms with Crippen LogP contribution in [-0.4, -0.2) is 40.7 Å². The van der Waals surface area contributed by atoms with E-state index in [4.69, 9.17) is 25.6 Å². The summed E-state index contributed by atoms with van der Waals surface area (Å²) in [5.41, 5.74) is 1.40. The van der Waals surface area contributed by atoms with Crippen molar-refractivity contribution in [2.45, 2.75) is 32.7 Å². The number of nitrogens with zero attached hydrogens (tertiary/aromatic N) is 3. The standard InChI is InChI=1S/C23H23ClFN3O4/c1-3-30-19-8-5-14(9-20(19)31-4-2)12-28-13-16(11-21(28)29)23-26-22(27-32-23)15-6-7-17(24)18(25)10-15/h5-10,16H,3-4,11-13H2,1-2H3. The predicted molar refractivity (Wildman–Crippen MR) is 116 cm³/mol. The number of hydrogen-bond donors (Lipinski definition) is 0. The van der Waals surface area contributed by atoms with Crippen LogP contribution in [0, 0.1) is 5.82 Å². The minimum atomic E-state index is -0.556. The Morgan fingerprint density at radius 2 is 1.94 bits per heavy atom. The first kappa shape index (κ1) is 22.1. The van der Waals surface area contributed by atoms with Gasteiger partial charge in [-0.2, -0.15) is 4.98 Å². The normalized spacial score (nSPS) is 15.9. The summed E-state index contributed by atoms with van der Waals surface area (Å²) in [5.74, 6) is 1.17. The molecule has 1 aromatic heterocycles. The molecule has 3 aromatic rings. The number of halogens is 2. The van der Waals surface area contributed by atoms with E-state index in [0.717, 1.165) is 5.56 Å². The summed E-state index contributed by atoms with van der Waals surface area (Å²) >= 11 is 5.73. The van der Waals surface area contributed by atoms with E-state index in [1.54, 1.807) is 11.0 Å². The Hall–Kier alpha value is -3.13. The molecule has 1 atom stereocenters. The molecule has 1 aliphatic heterocycles. The van der Waals surface area contributed by atoms with E-state index in [1.807, 2.05) is 32.0 Å². The first-order chi connectivity index (χ1) is 15.5. The van der Waals surface area contributed by atoms with Crippen LogP contribution in [-0.2, 0) is 11.3 Å². The second-order valence-corrected chi connectivity index (χ2v) is 7.81. The van der Waals surface area contributed by atoms with Crippen LogP contribution in [0.5, 0.6) is 11.5 Å². The SMILES string of the molecule is CCOc1ccc(CN2CC(c3nc(-c4ccc(Cl)c(F)c4)no3)CC2=O)cc1OCC. The molecule has 0 N–H and O–H groups in total. The summed E-state index contributed by atoms with van der Waals surface area (Å²) in [6.07, 6.45) is 0.270. The van der Waals surface area contributed by atoms with E-state index in [2.05, 4.69) is 10.1 Å². The minimum absolute atomic E-state index is 0.000804. The molecule has 1 amide bonds. The lowest BCUT2D eigenvalue weighted by atomic mass is 10.1. The number of aromatic nitrogens is 2. The summed E-state index contributed by atoms with van der Waals surface area (Å²) in [6, 6.07) is 10.00. The third-order valence-electron chi connectivity index (χ3n) is 5.16. The van der Waals surface area contributed by atoms with Crippen molar-refractivity contribution < 1.29 is 23.2 Å². The van der Waals surface area contributed by atoms with Gasteiger partial charge < -0.3 is 18.9 Å². The van der Waals surface area contributed by atoms with Gasteiger partial charge in [-0.15, -0.1) is 0 Å².